The SMILES string of the molecule is CC1CCN(CC2CCS(=O)(=O)C2)CCCN1. The minimum absolute atomic E-state index is 0.377. The second-order valence-corrected chi connectivity index (χ2v) is 7.80. The number of hydrogen-bond donors (Lipinski definition) is 1. The van der Waals surface area contributed by atoms with Crippen LogP contribution in [0.5, 0.6) is 0 Å². The molecule has 0 saturated carbocycles. The van der Waals surface area contributed by atoms with Gasteiger partial charge in [-0.3, -0.25) is 0 Å². The van der Waals surface area contributed by atoms with E-state index in [1.807, 2.05) is 0 Å². The molecule has 2 fully saturated rings. The average molecular weight is 260 g/mol. The molecule has 2 unspecified atom stereocenters. The summed E-state index contributed by atoms with van der Waals surface area (Å²) < 4.78 is 22.9. The second kappa shape index (κ2) is 5.67. The fraction of sp³-hybridized carbons (Fsp3) is 1.00. The van der Waals surface area contributed by atoms with Gasteiger partial charge >= 0.3 is 0 Å². The van der Waals surface area contributed by atoms with Crippen molar-refractivity contribution in [2.75, 3.05) is 37.7 Å². The van der Waals surface area contributed by atoms with Gasteiger partial charge in [-0.1, -0.05) is 0 Å². The van der Waals surface area contributed by atoms with E-state index in [0.29, 0.717) is 23.5 Å². The van der Waals surface area contributed by atoms with Crippen LogP contribution >= 0.6 is 0 Å². The van der Waals surface area contributed by atoms with Gasteiger partial charge in [-0.25, -0.2) is 8.42 Å². The Morgan fingerprint density at radius 1 is 1.29 bits per heavy atom. The van der Waals surface area contributed by atoms with Crippen LogP contribution in [0.2, 0.25) is 0 Å². The van der Waals surface area contributed by atoms with Crippen molar-refractivity contribution in [1.29, 1.82) is 0 Å². The van der Waals surface area contributed by atoms with E-state index >= 15 is 0 Å². The molecule has 2 saturated heterocycles. The summed E-state index contributed by atoms with van der Waals surface area (Å²) in [6.45, 7) is 6.50. The highest BCUT2D eigenvalue weighted by molar-refractivity contribution is 7.91. The number of sulfone groups is 1. The van der Waals surface area contributed by atoms with Crippen LogP contribution < -0.4 is 5.32 Å². The molecular formula is C12H24N2O2S. The first-order valence-corrected chi connectivity index (χ1v) is 8.53. The zero-order valence-corrected chi connectivity index (χ0v) is 11.5. The molecule has 0 bridgehead atoms. The Labute approximate surface area is 105 Å². The van der Waals surface area contributed by atoms with Crippen molar-refractivity contribution < 1.29 is 8.42 Å². The first-order chi connectivity index (χ1) is 8.05. The van der Waals surface area contributed by atoms with Gasteiger partial charge < -0.3 is 10.2 Å². The standard InChI is InChI=1S/C12H24N2O2S/c1-11-3-7-14(6-2-5-13-11)9-12-4-8-17(15,16)10-12/h11-13H,2-10H2,1H3. The van der Waals surface area contributed by atoms with Crippen molar-refractivity contribution in [1.82, 2.24) is 10.2 Å². The Morgan fingerprint density at radius 3 is 2.82 bits per heavy atom. The first kappa shape index (κ1) is 13.3. The third-order valence-corrected chi connectivity index (χ3v) is 5.70. The lowest BCUT2D eigenvalue weighted by Crippen LogP contribution is -2.40. The van der Waals surface area contributed by atoms with Crippen molar-refractivity contribution >= 4 is 9.84 Å². The minimum Gasteiger partial charge on any atom is -0.314 e. The number of hydrogen-bond acceptors (Lipinski definition) is 4. The number of nitrogens with one attached hydrogen (secondary N) is 1. The fourth-order valence-electron chi connectivity index (χ4n) is 2.80. The molecule has 17 heavy (non-hydrogen) atoms. The zero-order chi connectivity index (χ0) is 12.3. The van der Waals surface area contributed by atoms with Gasteiger partial charge in [0.1, 0.15) is 0 Å². The van der Waals surface area contributed by atoms with Gasteiger partial charge in [0.15, 0.2) is 9.84 Å². The predicted molar refractivity (Wildman–Crippen MR) is 69.9 cm³/mol. The van der Waals surface area contributed by atoms with E-state index in [2.05, 4.69) is 17.1 Å². The molecule has 0 aromatic heterocycles. The van der Waals surface area contributed by atoms with E-state index in [1.54, 1.807) is 0 Å². The fourth-order valence-corrected chi connectivity index (χ4v) is 4.65. The van der Waals surface area contributed by atoms with Crippen molar-refractivity contribution in [3.63, 3.8) is 0 Å². The summed E-state index contributed by atoms with van der Waals surface area (Å²) in [5.41, 5.74) is 0. The molecule has 2 atom stereocenters. The molecule has 4 nitrogen and oxygen atoms in total. The first-order valence-electron chi connectivity index (χ1n) is 6.71. The van der Waals surface area contributed by atoms with Gasteiger partial charge in [-0.05, 0) is 51.7 Å². The monoisotopic (exact) mass is 260 g/mol. The number of nitrogens with zero attached hydrogens (tertiary/aromatic N) is 1. The van der Waals surface area contributed by atoms with Crippen molar-refractivity contribution in [3.05, 3.63) is 0 Å². The minimum atomic E-state index is -2.71. The molecule has 100 valence electrons. The van der Waals surface area contributed by atoms with Gasteiger partial charge in [0, 0.05) is 12.6 Å². The highest BCUT2D eigenvalue weighted by Gasteiger charge is 2.29. The molecule has 2 heterocycles. The van der Waals surface area contributed by atoms with Crippen molar-refractivity contribution in [2.45, 2.75) is 32.2 Å². The maximum absolute atomic E-state index is 11.4. The van der Waals surface area contributed by atoms with Crippen LogP contribution in [0, 0.1) is 5.92 Å². The normalized spacial score (nSPS) is 35.4. The highest BCUT2D eigenvalue weighted by atomic mass is 32.2. The largest absolute Gasteiger partial charge is 0.314 e. The van der Waals surface area contributed by atoms with Crippen molar-refractivity contribution in [2.24, 2.45) is 5.92 Å². The summed E-state index contributed by atoms with van der Waals surface area (Å²) in [6.07, 6.45) is 3.20. The lowest BCUT2D eigenvalue weighted by molar-refractivity contribution is 0.211. The zero-order valence-electron chi connectivity index (χ0n) is 10.7. The molecule has 2 aliphatic heterocycles. The Kier molecular flexibility index (Phi) is 4.44. The maximum atomic E-state index is 11.4. The Morgan fingerprint density at radius 2 is 2.12 bits per heavy atom. The van der Waals surface area contributed by atoms with Gasteiger partial charge in [0.25, 0.3) is 0 Å². The van der Waals surface area contributed by atoms with Crippen LogP contribution in [0.4, 0.5) is 0 Å². The van der Waals surface area contributed by atoms with Crippen LogP contribution in [0.3, 0.4) is 0 Å². The molecule has 0 aliphatic carbocycles. The summed E-state index contributed by atoms with van der Waals surface area (Å²) in [5, 5.41) is 3.49. The summed E-state index contributed by atoms with van der Waals surface area (Å²) >= 11 is 0. The smallest absolute Gasteiger partial charge is 0.150 e. The second-order valence-electron chi connectivity index (χ2n) is 5.57. The molecule has 5 heteroatoms. The Bertz CT molecular complexity index is 342. The van der Waals surface area contributed by atoms with Gasteiger partial charge in [-0.15, -0.1) is 0 Å². The third kappa shape index (κ3) is 4.23. The van der Waals surface area contributed by atoms with Crippen molar-refractivity contribution in [3.8, 4) is 0 Å². The van der Waals surface area contributed by atoms with E-state index in [4.69, 9.17) is 0 Å². The van der Waals surface area contributed by atoms with Crippen LogP contribution in [0.15, 0.2) is 0 Å². The van der Waals surface area contributed by atoms with Gasteiger partial charge in [-0.2, -0.15) is 0 Å². The average Bonchev–Trinajstić information content (AvgIpc) is 2.57. The molecule has 1 N–H and O–H groups in total. The van der Waals surface area contributed by atoms with Crippen LogP contribution in [-0.4, -0.2) is 57.0 Å². The third-order valence-electron chi connectivity index (χ3n) is 3.87. The maximum Gasteiger partial charge on any atom is 0.150 e. The summed E-state index contributed by atoms with van der Waals surface area (Å²) in [5.74, 6) is 1.20. The molecule has 0 aromatic rings. The Hall–Kier alpha value is -0.130. The molecule has 0 aromatic carbocycles. The van der Waals surface area contributed by atoms with E-state index in [0.717, 1.165) is 32.6 Å². The summed E-state index contributed by atoms with van der Waals surface area (Å²) in [4.78, 5) is 2.46. The van der Waals surface area contributed by atoms with E-state index in [9.17, 15) is 8.42 Å². The molecule has 0 radical (unpaired) electrons. The summed E-state index contributed by atoms with van der Waals surface area (Å²) in [6, 6.07) is 0.588. The quantitative estimate of drug-likeness (QED) is 0.785. The van der Waals surface area contributed by atoms with Crippen LogP contribution in [-0.2, 0) is 9.84 Å². The van der Waals surface area contributed by atoms with Crippen LogP contribution in [0.25, 0.3) is 0 Å². The summed E-state index contributed by atoms with van der Waals surface area (Å²) in [7, 11) is -2.71. The van der Waals surface area contributed by atoms with Gasteiger partial charge in [0.05, 0.1) is 11.5 Å². The highest BCUT2D eigenvalue weighted by Crippen LogP contribution is 2.20. The van der Waals surface area contributed by atoms with E-state index in [1.165, 1.54) is 12.8 Å². The van der Waals surface area contributed by atoms with Gasteiger partial charge in [0.2, 0.25) is 0 Å². The van der Waals surface area contributed by atoms with Crippen LogP contribution in [0.1, 0.15) is 26.2 Å². The molecule has 2 aliphatic rings. The lowest BCUT2D eigenvalue weighted by Gasteiger charge is -2.29. The predicted octanol–water partition coefficient (Wildman–Crippen LogP) is 0.495. The topological polar surface area (TPSA) is 49.4 Å². The van der Waals surface area contributed by atoms with E-state index < -0.39 is 9.84 Å². The molecule has 0 spiro atoms. The lowest BCUT2D eigenvalue weighted by atomic mass is 10.1. The molecule has 2 rings (SSSR count). The molecule has 0 amide bonds. The Balaban J connectivity index is 1.81. The number of rotatable bonds is 2. The van der Waals surface area contributed by atoms with E-state index in [-0.39, 0.29) is 0 Å². The molecular weight excluding hydrogens is 236 g/mol.